The number of nitrogens with one attached hydrogen (secondary N) is 3. The smallest absolute Gasteiger partial charge is 0.407 e. The van der Waals surface area contributed by atoms with Gasteiger partial charge in [0.1, 0.15) is 12.6 Å². The number of benzene rings is 2. The summed E-state index contributed by atoms with van der Waals surface area (Å²) in [5, 5.41) is 20.7. The van der Waals surface area contributed by atoms with E-state index in [2.05, 4.69) is 39.8 Å². The van der Waals surface area contributed by atoms with Gasteiger partial charge in [0, 0.05) is 36.7 Å². The maximum atomic E-state index is 13.9. The van der Waals surface area contributed by atoms with E-state index in [0.717, 1.165) is 28.1 Å². The van der Waals surface area contributed by atoms with Gasteiger partial charge in [-0.2, -0.15) is 0 Å². The zero-order valence-electron chi connectivity index (χ0n) is 30.7. The van der Waals surface area contributed by atoms with Crippen molar-refractivity contribution >= 4 is 18.0 Å². The number of hydrogen-bond donors (Lipinski definition) is 4. The molecule has 0 spiro atoms. The Morgan fingerprint density at radius 2 is 1.44 bits per heavy atom. The van der Waals surface area contributed by atoms with Crippen LogP contribution in [0.4, 0.5) is 9.59 Å². The highest BCUT2D eigenvalue weighted by Gasteiger charge is 2.31. The fraction of sp³-hybridized carbons (Fsp3) is 0.390. The van der Waals surface area contributed by atoms with Crippen LogP contribution >= 0.6 is 0 Å². The maximum Gasteiger partial charge on any atom is 0.407 e. The van der Waals surface area contributed by atoms with E-state index in [9.17, 15) is 19.5 Å². The lowest BCUT2D eigenvalue weighted by molar-refractivity contribution is -0.125. The predicted molar refractivity (Wildman–Crippen MR) is 201 cm³/mol. The molecule has 52 heavy (non-hydrogen) atoms. The van der Waals surface area contributed by atoms with Gasteiger partial charge in [0.2, 0.25) is 5.91 Å². The van der Waals surface area contributed by atoms with Crippen molar-refractivity contribution in [3.63, 3.8) is 0 Å². The number of aromatic nitrogens is 2. The Morgan fingerprint density at radius 3 is 2.06 bits per heavy atom. The average molecular weight is 709 g/mol. The van der Waals surface area contributed by atoms with Crippen LogP contribution in [0, 0.1) is 5.92 Å². The Morgan fingerprint density at radius 1 is 0.788 bits per heavy atom. The van der Waals surface area contributed by atoms with Crippen molar-refractivity contribution in [1.82, 2.24) is 30.8 Å². The van der Waals surface area contributed by atoms with Crippen molar-refractivity contribution in [2.24, 2.45) is 5.92 Å². The number of urea groups is 1. The molecule has 4 N–H and O–H groups in total. The summed E-state index contributed by atoms with van der Waals surface area (Å²) in [5.74, 6) is -0.417. The first kappa shape index (κ1) is 39.5. The molecule has 11 nitrogen and oxygen atoms in total. The first-order valence-electron chi connectivity index (χ1n) is 17.8. The van der Waals surface area contributed by atoms with Gasteiger partial charge in [-0.05, 0) is 60.4 Å². The average Bonchev–Trinajstić information content (AvgIpc) is 3.13. The van der Waals surface area contributed by atoms with Crippen LogP contribution in [0.2, 0.25) is 0 Å². The van der Waals surface area contributed by atoms with Crippen LogP contribution in [-0.4, -0.2) is 69.3 Å². The first-order valence-corrected chi connectivity index (χ1v) is 17.8. The van der Waals surface area contributed by atoms with E-state index >= 15 is 0 Å². The normalized spacial score (nSPS) is 13.5. The van der Waals surface area contributed by atoms with E-state index in [1.165, 1.54) is 4.90 Å². The van der Waals surface area contributed by atoms with E-state index in [1.54, 1.807) is 25.5 Å². The maximum absolute atomic E-state index is 13.9. The van der Waals surface area contributed by atoms with Gasteiger partial charge in [-0.3, -0.25) is 14.8 Å². The molecule has 0 aliphatic rings. The number of rotatable bonds is 17. The molecule has 0 radical (unpaired) electrons. The fourth-order valence-electron chi connectivity index (χ4n) is 5.81. The first-order chi connectivity index (χ1) is 25.0. The monoisotopic (exact) mass is 708 g/mol. The SMILES string of the molecule is CC(C)c1cccc(CN(C)C(=O)N[C@H](C(=O)N[C@@H](Cc2ccccc2)[C@@H](O)C[C@H](Cc2ccccc2)NC(=O)OCc2cccnc2)C(C)C)n1. The van der Waals surface area contributed by atoms with E-state index in [1.807, 2.05) is 98.8 Å². The van der Waals surface area contributed by atoms with Gasteiger partial charge >= 0.3 is 12.1 Å². The van der Waals surface area contributed by atoms with E-state index in [-0.39, 0.29) is 31.4 Å². The van der Waals surface area contributed by atoms with E-state index < -0.39 is 42.3 Å². The Balaban J connectivity index is 1.48. The van der Waals surface area contributed by atoms with Gasteiger partial charge in [0.15, 0.2) is 0 Å². The minimum Gasteiger partial charge on any atom is -0.445 e. The van der Waals surface area contributed by atoms with E-state index in [4.69, 9.17) is 4.74 Å². The Labute approximate surface area is 307 Å². The minimum atomic E-state index is -1.07. The lowest BCUT2D eigenvalue weighted by Gasteiger charge is -2.31. The number of aliphatic hydroxyl groups is 1. The van der Waals surface area contributed by atoms with Crippen LogP contribution in [0.15, 0.2) is 103 Å². The zero-order valence-corrected chi connectivity index (χ0v) is 30.7. The standard InChI is InChI=1S/C41H52N6O5/c1-28(2)35-20-12-19-33(43-35)26-47(5)40(50)46-38(29(3)4)39(49)45-36(23-31-16-10-7-11-17-31)37(48)24-34(22-30-14-8-6-9-15-30)44-41(51)52-27-32-18-13-21-42-25-32/h6-21,25,28-29,34,36-38,48H,22-24,26-27H2,1-5H3,(H,44,51)(H,45,49)(H,46,50)/t34-,36-,37-,38-/m0/s1. The highest BCUT2D eigenvalue weighted by Crippen LogP contribution is 2.16. The molecule has 4 amide bonds. The van der Waals surface area contributed by atoms with Gasteiger partial charge < -0.3 is 30.7 Å². The van der Waals surface area contributed by atoms with Crippen molar-refractivity contribution in [1.29, 1.82) is 0 Å². The molecule has 4 aromatic rings. The van der Waals surface area contributed by atoms with Crippen LogP contribution in [-0.2, 0) is 35.5 Å². The Kier molecular flexibility index (Phi) is 15.1. The van der Waals surface area contributed by atoms with Gasteiger partial charge in [0.25, 0.3) is 0 Å². The number of pyridine rings is 2. The third kappa shape index (κ3) is 12.8. The third-order valence-electron chi connectivity index (χ3n) is 8.75. The molecule has 2 heterocycles. The summed E-state index contributed by atoms with van der Waals surface area (Å²) >= 11 is 0. The topological polar surface area (TPSA) is 146 Å². The molecule has 4 rings (SSSR count). The summed E-state index contributed by atoms with van der Waals surface area (Å²) in [4.78, 5) is 50.5. The van der Waals surface area contributed by atoms with Crippen LogP contribution in [0.3, 0.4) is 0 Å². The number of carbonyl (C=O) groups is 3. The third-order valence-corrected chi connectivity index (χ3v) is 8.75. The minimum absolute atomic E-state index is 0.0469. The molecule has 0 aliphatic carbocycles. The molecule has 2 aromatic heterocycles. The molecule has 0 saturated carbocycles. The fourth-order valence-corrected chi connectivity index (χ4v) is 5.81. The van der Waals surface area contributed by atoms with Crippen molar-refractivity contribution in [2.45, 2.75) is 90.3 Å². The second kappa shape index (κ2) is 19.9. The number of ether oxygens (including phenoxy) is 1. The molecule has 0 unspecified atom stereocenters. The van der Waals surface area contributed by atoms with Crippen molar-refractivity contribution < 1.29 is 24.2 Å². The lowest BCUT2D eigenvalue weighted by Crippen LogP contribution is -2.57. The van der Waals surface area contributed by atoms with Gasteiger partial charge in [-0.1, -0.05) is 100 Å². The second-order valence-corrected chi connectivity index (χ2v) is 13.8. The summed E-state index contributed by atoms with van der Waals surface area (Å²) in [6.45, 7) is 8.17. The number of nitrogens with zero attached hydrogens (tertiary/aromatic N) is 3. The Hall–Kier alpha value is -5.29. The number of amides is 4. The quantitative estimate of drug-likeness (QED) is 0.109. The van der Waals surface area contributed by atoms with Gasteiger partial charge in [0.05, 0.1) is 24.4 Å². The molecule has 0 bridgehead atoms. The van der Waals surface area contributed by atoms with Crippen molar-refractivity contribution in [3.8, 4) is 0 Å². The number of hydrogen-bond acceptors (Lipinski definition) is 7. The molecule has 0 saturated heterocycles. The van der Waals surface area contributed by atoms with Crippen LogP contribution in [0.1, 0.15) is 68.1 Å². The summed E-state index contributed by atoms with van der Waals surface area (Å²) in [6.07, 6.45) is 2.46. The Bertz CT molecular complexity index is 1690. The highest BCUT2D eigenvalue weighted by molar-refractivity contribution is 5.87. The van der Waals surface area contributed by atoms with Gasteiger partial charge in [-0.25, -0.2) is 9.59 Å². The molecule has 276 valence electrons. The lowest BCUT2D eigenvalue weighted by atomic mass is 9.93. The molecule has 11 heteroatoms. The van der Waals surface area contributed by atoms with Gasteiger partial charge in [-0.15, -0.1) is 0 Å². The number of alkyl carbamates (subject to hydrolysis) is 1. The molecular formula is C41H52N6O5. The summed E-state index contributed by atoms with van der Waals surface area (Å²) in [7, 11) is 1.66. The van der Waals surface area contributed by atoms with E-state index in [0.29, 0.717) is 12.8 Å². The number of carbonyl (C=O) groups excluding carboxylic acids is 3. The zero-order chi connectivity index (χ0) is 37.5. The largest absolute Gasteiger partial charge is 0.445 e. The number of aliphatic hydroxyl groups excluding tert-OH is 1. The second-order valence-electron chi connectivity index (χ2n) is 13.8. The van der Waals surface area contributed by atoms with Crippen molar-refractivity contribution in [3.05, 3.63) is 131 Å². The molecule has 2 aromatic carbocycles. The molecule has 0 aliphatic heterocycles. The predicted octanol–water partition coefficient (Wildman–Crippen LogP) is 5.78. The molecule has 4 atom stereocenters. The van der Waals surface area contributed by atoms with Crippen LogP contribution in [0.25, 0.3) is 0 Å². The van der Waals surface area contributed by atoms with Crippen molar-refractivity contribution in [2.75, 3.05) is 7.05 Å². The summed E-state index contributed by atoms with van der Waals surface area (Å²) < 4.78 is 5.48. The highest BCUT2D eigenvalue weighted by atomic mass is 16.5. The summed E-state index contributed by atoms with van der Waals surface area (Å²) in [6, 6.07) is 26.0. The summed E-state index contributed by atoms with van der Waals surface area (Å²) in [5.41, 5.74) is 4.32. The molecular weight excluding hydrogens is 656 g/mol. The van der Waals surface area contributed by atoms with Crippen LogP contribution < -0.4 is 16.0 Å². The molecule has 0 fully saturated rings. The van der Waals surface area contributed by atoms with Crippen LogP contribution in [0.5, 0.6) is 0 Å².